The monoisotopic (exact) mass is 759 g/mol. The number of urea groups is 1. The predicted molar refractivity (Wildman–Crippen MR) is 216 cm³/mol. The van der Waals surface area contributed by atoms with Crippen LogP contribution >= 0.6 is 0 Å². The molecule has 2 aliphatic carbocycles. The van der Waals surface area contributed by atoms with Gasteiger partial charge in [0.1, 0.15) is 16.0 Å². The number of hydrogen-bond acceptors (Lipinski definition) is 5. The molecule has 0 bridgehead atoms. The summed E-state index contributed by atoms with van der Waals surface area (Å²) in [6.45, 7) is 13.8. The Labute approximate surface area is 319 Å². The van der Waals surface area contributed by atoms with Crippen LogP contribution in [0.5, 0.6) is 5.88 Å². The maximum atomic E-state index is 16.2. The first-order chi connectivity index (χ1) is 25.7. The average molecular weight is 760 g/mol. The largest absolute Gasteiger partial charge is 0.466 e. The molecule has 0 radical (unpaired) electrons. The molecule has 4 aromatic carbocycles. The molecule has 54 heavy (non-hydrogen) atoms. The van der Waals surface area contributed by atoms with Gasteiger partial charge in [0, 0.05) is 5.69 Å². The van der Waals surface area contributed by atoms with E-state index in [0.29, 0.717) is 19.0 Å². The van der Waals surface area contributed by atoms with Crippen LogP contribution in [-0.4, -0.2) is 40.5 Å². The maximum Gasteiger partial charge on any atom is 0.354 e. The molecule has 0 saturated carbocycles. The second-order valence-electron chi connectivity index (χ2n) is 16.6. The summed E-state index contributed by atoms with van der Waals surface area (Å²) < 4.78 is 39.5. The van der Waals surface area contributed by atoms with Crippen molar-refractivity contribution in [1.82, 2.24) is 14.5 Å². The highest BCUT2D eigenvalue weighted by Gasteiger charge is 2.46. The summed E-state index contributed by atoms with van der Waals surface area (Å²) in [6, 6.07) is 31.2. The van der Waals surface area contributed by atoms with Crippen molar-refractivity contribution in [3.05, 3.63) is 142 Å². The van der Waals surface area contributed by atoms with Crippen molar-refractivity contribution in [1.29, 1.82) is 0 Å². The van der Waals surface area contributed by atoms with Gasteiger partial charge in [-0.2, -0.15) is 5.10 Å². The number of anilines is 1. The first kappa shape index (κ1) is 36.4. The van der Waals surface area contributed by atoms with E-state index in [9.17, 15) is 4.79 Å². The van der Waals surface area contributed by atoms with E-state index < -0.39 is 35.4 Å². The zero-order valence-electron chi connectivity index (χ0n) is 31.9. The van der Waals surface area contributed by atoms with Gasteiger partial charge in [-0.05, 0) is 89.7 Å². The number of rotatable bonds is 10. The van der Waals surface area contributed by atoms with Crippen molar-refractivity contribution >= 4 is 30.0 Å². The molecule has 0 spiro atoms. The molecule has 3 aliphatic rings. The molecule has 1 aliphatic heterocycles. The zero-order chi connectivity index (χ0) is 37.9. The highest BCUT2D eigenvalue weighted by molar-refractivity contribution is 7.92. The van der Waals surface area contributed by atoms with Crippen molar-refractivity contribution in [2.75, 3.05) is 11.9 Å². The van der Waals surface area contributed by atoms with Gasteiger partial charge in [-0.3, -0.25) is 0 Å². The lowest BCUT2D eigenvalue weighted by atomic mass is 9.76. The highest BCUT2D eigenvalue weighted by atomic mass is 32.2. The number of amides is 2. The van der Waals surface area contributed by atoms with Crippen LogP contribution in [0.3, 0.4) is 0 Å². The minimum Gasteiger partial charge on any atom is -0.466 e. The third kappa shape index (κ3) is 6.30. The van der Waals surface area contributed by atoms with E-state index in [1.165, 1.54) is 17.3 Å². The molecule has 9 nitrogen and oxygen atoms in total. The fourth-order valence-corrected chi connectivity index (χ4v) is 10.5. The minimum atomic E-state index is -3.88. The van der Waals surface area contributed by atoms with Crippen molar-refractivity contribution in [3.8, 4) is 5.88 Å². The number of fused-ring (bicyclic) bond motifs is 3. The number of aryl methyl sites for hydroxylation is 2. The number of carbonyl (C=O) groups excluding carboxylic acids is 1. The smallest absolute Gasteiger partial charge is 0.354 e. The van der Waals surface area contributed by atoms with Crippen molar-refractivity contribution < 1.29 is 18.2 Å². The van der Waals surface area contributed by atoms with Crippen molar-refractivity contribution in [3.63, 3.8) is 0 Å². The molecule has 2 amide bonds. The Kier molecular flexibility index (Phi) is 8.99. The Morgan fingerprint density at radius 1 is 0.889 bits per heavy atom. The Morgan fingerprint density at radius 2 is 1.41 bits per heavy atom. The van der Waals surface area contributed by atoms with E-state index >= 15 is 4.21 Å². The lowest BCUT2D eigenvalue weighted by Gasteiger charge is -2.38. The first-order valence-corrected chi connectivity index (χ1v) is 23.2. The van der Waals surface area contributed by atoms with Crippen LogP contribution in [0.1, 0.15) is 66.6 Å². The molecular formula is C43H49N5O4SSi. The number of ether oxygens (including phenoxy) is 1. The number of carbonyl (C=O) groups is 1. The molecule has 0 saturated heterocycles. The lowest BCUT2D eigenvalue weighted by molar-refractivity contribution is 0.0449. The molecule has 2 heterocycles. The maximum absolute atomic E-state index is 16.2. The zero-order valence-corrected chi connectivity index (χ0v) is 33.8. The highest BCUT2D eigenvalue weighted by Crippen LogP contribution is 2.44. The number of hydrogen-bond donors (Lipinski definition) is 2. The van der Waals surface area contributed by atoms with Gasteiger partial charge in [-0.1, -0.05) is 118 Å². The summed E-state index contributed by atoms with van der Waals surface area (Å²) in [6.07, 6.45) is 5.30. The number of nitrogens with one attached hydrogen (secondary N) is 2. The molecule has 2 atom stereocenters. The van der Waals surface area contributed by atoms with E-state index in [-0.39, 0.29) is 9.93 Å². The number of nitrogens with zero attached hydrogens (tertiary/aromatic N) is 3. The van der Waals surface area contributed by atoms with E-state index in [2.05, 4.69) is 54.3 Å². The second-order valence-corrected chi connectivity index (χ2v) is 23.3. The molecule has 5 aromatic rings. The summed E-state index contributed by atoms with van der Waals surface area (Å²) in [5.41, 5.74) is 6.14. The van der Waals surface area contributed by atoms with Gasteiger partial charge >= 0.3 is 6.03 Å². The van der Waals surface area contributed by atoms with Gasteiger partial charge in [0.25, 0.3) is 0 Å². The van der Waals surface area contributed by atoms with Crippen LogP contribution < -0.4 is 14.8 Å². The minimum absolute atomic E-state index is 0.0157. The molecule has 1 aromatic heterocycles. The van der Waals surface area contributed by atoms with Gasteiger partial charge in [0.15, 0.2) is 18.2 Å². The van der Waals surface area contributed by atoms with Crippen LogP contribution in [0.2, 0.25) is 18.1 Å². The van der Waals surface area contributed by atoms with E-state index in [1.54, 1.807) is 4.68 Å². The summed E-state index contributed by atoms with van der Waals surface area (Å²) in [4.78, 5) is 14.6. The lowest BCUT2D eigenvalue weighted by Crippen LogP contribution is -2.48. The molecule has 1 unspecified atom stereocenters. The average Bonchev–Trinajstić information content (AvgIpc) is 3.66. The summed E-state index contributed by atoms with van der Waals surface area (Å²) in [5.74, 6) is 0.307. The number of aromatic nitrogens is 2. The normalized spacial score (nSPS) is 18.6. The second kappa shape index (κ2) is 13.3. The fourth-order valence-electron chi connectivity index (χ4n) is 7.51. The van der Waals surface area contributed by atoms with Crippen LogP contribution in [0.4, 0.5) is 10.5 Å². The van der Waals surface area contributed by atoms with Crippen LogP contribution in [0.15, 0.2) is 113 Å². The van der Waals surface area contributed by atoms with Gasteiger partial charge in [0.2, 0.25) is 5.88 Å². The number of benzene rings is 4. The van der Waals surface area contributed by atoms with Gasteiger partial charge < -0.3 is 14.5 Å². The standard InChI is InChI=1S/C43H49N5O4SSi/c1-41(2,3)54(5,6)51-29-42(4)28-48-39(52-42)37(27-44-48)53(50,46-40(49)45-38-35-24-22-30(35)26-31-23-25-36(31)38)47-43(32-16-10-7-11-17-32,33-18-12-8-13-19-33)34-20-14-9-15-21-34/h7-21,26-27H,22-25,28-29H2,1-6H3,(H2,45,46,47,49,50)/t42-,53?/m0/s1. The van der Waals surface area contributed by atoms with Gasteiger partial charge in [-0.15, -0.1) is 4.36 Å². The first-order valence-electron chi connectivity index (χ1n) is 18.8. The SMILES string of the molecule is CC(C)(C)[Si](C)(C)OC[C@]1(C)Cn2ncc(S(=O)(=NC(=O)Nc3c4c(cc5c3CC5)CC4)NC(c3ccccc3)(c3ccccc3)c3ccccc3)c2O1. The topological polar surface area (TPSA) is 107 Å². The van der Waals surface area contributed by atoms with Crippen LogP contribution in [0, 0.1) is 0 Å². The van der Waals surface area contributed by atoms with Crippen LogP contribution in [0.25, 0.3) is 0 Å². The Morgan fingerprint density at radius 3 is 1.87 bits per heavy atom. The van der Waals surface area contributed by atoms with Crippen molar-refractivity contribution in [2.45, 2.75) is 94.1 Å². The van der Waals surface area contributed by atoms with E-state index in [0.717, 1.165) is 59.2 Å². The third-order valence-electron chi connectivity index (χ3n) is 11.8. The molecule has 2 N–H and O–H groups in total. The molecule has 11 heteroatoms. The third-order valence-corrected chi connectivity index (χ3v) is 18.2. The van der Waals surface area contributed by atoms with E-state index in [1.807, 2.05) is 97.9 Å². The molecule has 280 valence electrons. The van der Waals surface area contributed by atoms with Gasteiger partial charge in [-0.25, -0.2) is 18.4 Å². The fraction of sp³-hybridized carbons (Fsp3) is 0.349. The summed E-state index contributed by atoms with van der Waals surface area (Å²) in [5, 5.41) is 7.83. The van der Waals surface area contributed by atoms with Crippen LogP contribution in [-0.2, 0) is 52.1 Å². The molecular weight excluding hydrogens is 711 g/mol. The molecule has 0 fully saturated rings. The van der Waals surface area contributed by atoms with E-state index in [4.69, 9.17) is 14.3 Å². The van der Waals surface area contributed by atoms with Crippen molar-refractivity contribution in [2.24, 2.45) is 4.36 Å². The predicted octanol–water partition coefficient (Wildman–Crippen LogP) is 8.81. The summed E-state index contributed by atoms with van der Waals surface area (Å²) in [7, 11) is -5.99. The Balaban J connectivity index is 1.28. The van der Waals surface area contributed by atoms with Gasteiger partial charge in [0.05, 0.1) is 19.3 Å². The Bertz CT molecular complexity index is 2220. The summed E-state index contributed by atoms with van der Waals surface area (Å²) >= 11 is 0. The quantitative estimate of drug-likeness (QED) is 0.109. The molecule has 8 rings (SSSR count). The Hall–Kier alpha value is -4.55.